The first kappa shape index (κ1) is 13.3. The Hall–Kier alpha value is -1.74. The second kappa shape index (κ2) is 6.14. The summed E-state index contributed by atoms with van der Waals surface area (Å²) in [4.78, 5) is 4.87. The van der Waals surface area contributed by atoms with E-state index in [0.717, 1.165) is 10.9 Å². The van der Waals surface area contributed by atoms with Gasteiger partial charge in [0.25, 0.3) is 0 Å². The summed E-state index contributed by atoms with van der Waals surface area (Å²) in [5.74, 6) is 1.04. The third kappa shape index (κ3) is 2.73. The molecule has 0 aliphatic carbocycles. The topological polar surface area (TPSA) is 24.4 Å². The fourth-order valence-corrected chi connectivity index (χ4v) is 3.18. The summed E-state index contributed by atoms with van der Waals surface area (Å²) < 4.78 is 0. The third-order valence-corrected chi connectivity index (χ3v) is 4.22. The molecule has 3 rings (SSSR count). The lowest BCUT2D eigenvalue weighted by Crippen LogP contribution is -2.22. The van der Waals surface area contributed by atoms with E-state index in [1.165, 1.54) is 11.1 Å². The number of thioether (sulfide) groups is 1. The van der Waals surface area contributed by atoms with Crippen LogP contribution in [0.4, 0.5) is 0 Å². The molecule has 0 spiro atoms. The van der Waals surface area contributed by atoms with E-state index in [9.17, 15) is 0 Å². The zero-order chi connectivity index (χ0) is 13.8. The maximum absolute atomic E-state index is 4.87. The van der Waals surface area contributed by atoms with Crippen molar-refractivity contribution in [3.63, 3.8) is 0 Å². The molecule has 0 radical (unpaired) electrons. The van der Waals surface area contributed by atoms with Gasteiger partial charge in [-0.25, -0.2) is 0 Å². The van der Waals surface area contributed by atoms with Crippen molar-refractivity contribution in [2.24, 2.45) is 4.99 Å². The van der Waals surface area contributed by atoms with Crippen molar-refractivity contribution in [1.82, 2.24) is 5.32 Å². The minimum Gasteiger partial charge on any atom is -0.356 e. The smallest absolute Gasteiger partial charge is 0.157 e. The van der Waals surface area contributed by atoms with Crippen LogP contribution < -0.4 is 5.32 Å². The van der Waals surface area contributed by atoms with Crippen LogP contribution >= 0.6 is 11.8 Å². The summed E-state index contributed by atoms with van der Waals surface area (Å²) in [6.45, 7) is 2.15. The predicted octanol–water partition coefficient (Wildman–Crippen LogP) is 4.18. The Morgan fingerprint density at radius 3 is 2.15 bits per heavy atom. The Morgan fingerprint density at radius 1 is 0.950 bits per heavy atom. The minimum absolute atomic E-state index is 0.160. The number of hydrogen-bond donors (Lipinski definition) is 1. The van der Waals surface area contributed by atoms with Crippen LogP contribution in [0.15, 0.2) is 65.7 Å². The summed E-state index contributed by atoms with van der Waals surface area (Å²) >= 11 is 1.77. The third-order valence-electron chi connectivity index (χ3n) is 3.43. The Morgan fingerprint density at radius 2 is 1.55 bits per heavy atom. The van der Waals surface area contributed by atoms with Gasteiger partial charge in [-0.15, -0.1) is 0 Å². The van der Waals surface area contributed by atoms with Crippen LogP contribution in [0, 0.1) is 0 Å². The molecule has 2 aromatic carbocycles. The van der Waals surface area contributed by atoms with Crippen molar-refractivity contribution in [2.75, 3.05) is 5.75 Å². The van der Waals surface area contributed by atoms with Gasteiger partial charge >= 0.3 is 0 Å². The van der Waals surface area contributed by atoms with Gasteiger partial charge in [0.05, 0.1) is 6.04 Å². The molecule has 0 fully saturated rings. The Bertz CT molecular complexity index is 580. The van der Waals surface area contributed by atoms with Gasteiger partial charge in [-0.2, -0.15) is 0 Å². The van der Waals surface area contributed by atoms with Crippen molar-refractivity contribution in [1.29, 1.82) is 0 Å². The van der Waals surface area contributed by atoms with E-state index >= 15 is 0 Å². The molecule has 0 saturated carbocycles. The average Bonchev–Trinajstić information content (AvgIpc) is 2.93. The highest BCUT2D eigenvalue weighted by Crippen LogP contribution is 2.37. The highest BCUT2D eigenvalue weighted by molar-refractivity contribution is 8.13. The lowest BCUT2D eigenvalue weighted by molar-refractivity contribution is 0.573. The van der Waals surface area contributed by atoms with Gasteiger partial charge in [-0.05, 0) is 16.9 Å². The molecular weight excluding hydrogens is 264 g/mol. The Kier molecular flexibility index (Phi) is 4.07. The molecule has 102 valence electrons. The second-order valence-corrected chi connectivity index (χ2v) is 6.01. The van der Waals surface area contributed by atoms with Gasteiger partial charge in [-0.1, -0.05) is 79.3 Å². The molecule has 0 bridgehead atoms. The SMILES string of the molecule is CCSC1=N[C@@H](c2ccccc2)[C@H](c2ccccc2)N1. The minimum atomic E-state index is 0.160. The van der Waals surface area contributed by atoms with E-state index < -0.39 is 0 Å². The zero-order valence-electron chi connectivity index (χ0n) is 11.5. The monoisotopic (exact) mass is 282 g/mol. The van der Waals surface area contributed by atoms with Gasteiger partial charge in [0.15, 0.2) is 5.17 Å². The van der Waals surface area contributed by atoms with Crippen LogP contribution in [0.3, 0.4) is 0 Å². The van der Waals surface area contributed by atoms with Crippen LogP contribution in [-0.4, -0.2) is 10.9 Å². The lowest BCUT2D eigenvalue weighted by Gasteiger charge is -2.19. The molecule has 1 N–H and O–H groups in total. The summed E-state index contributed by atoms with van der Waals surface area (Å²) in [5.41, 5.74) is 2.55. The molecular formula is C17H18N2S. The van der Waals surface area contributed by atoms with Crippen LogP contribution in [0.25, 0.3) is 0 Å². The fourth-order valence-electron chi connectivity index (χ4n) is 2.51. The fraction of sp³-hybridized carbons (Fsp3) is 0.235. The van der Waals surface area contributed by atoms with E-state index in [2.05, 4.69) is 72.9 Å². The largest absolute Gasteiger partial charge is 0.356 e. The quantitative estimate of drug-likeness (QED) is 0.913. The molecule has 2 nitrogen and oxygen atoms in total. The molecule has 1 aliphatic rings. The highest BCUT2D eigenvalue weighted by Gasteiger charge is 2.30. The van der Waals surface area contributed by atoms with Gasteiger partial charge in [0.1, 0.15) is 6.04 Å². The van der Waals surface area contributed by atoms with E-state index in [1.807, 2.05) is 0 Å². The standard InChI is InChI=1S/C17H18N2S/c1-2-20-17-18-15(13-9-5-3-6-10-13)16(19-17)14-11-7-4-8-12-14/h3-12,15-16H,2H2,1H3,(H,18,19)/t15-,16-/m0/s1. The lowest BCUT2D eigenvalue weighted by atomic mass is 9.95. The normalized spacial score (nSPS) is 21.4. The van der Waals surface area contributed by atoms with Gasteiger partial charge < -0.3 is 5.32 Å². The van der Waals surface area contributed by atoms with Crippen LogP contribution in [-0.2, 0) is 0 Å². The average molecular weight is 282 g/mol. The van der Waals surface area contributed by atoms with Crippen molar-refractivity contribution in [3.8, 4) is 0 Å². The Balaban J connectivity index is 1.93. The molecule has 2 aromatic rings. The van der Waals surface area contributed by atoms with E-state index in [0.29, 0.717) is 0 Å². The maximum Gasteiger partial charge on any atom is 0.157 e. The number of amidine groups is 1. The number of nitrogens with zero attached hydrogens (tertiary/aromatic N) is 1. The molecule has 0 unspecified atom stereocenters. The van der Waals surface area contributed by atoms with Crippen molar-refractivity contribution >= 4 is 16.9 Å². The predicted molar refractivity (Wildman–Crippen MR) is 87.1 cm³/mol. The molecule has 2 atom stereocenters. The van der Waals surface area contributed by atoms with E-state index in [-0.39, 0.29) is 12.1 Å². The molecule has 20 heavy (non-hydrogen) atoms. The van der Waals surface area contributed by atoms with Crippen molar-refractivity contribution < 1.29 is 0 Å². The van der Waals surface area contributed by atoms with Gasteiger partial charge in [-0.3, -0.25) is 4.99 Å². The molecule has 0 aromatic heterocycles. The van der Waals surface area contributed by atoms with Gasteiger partial charge in [0, 0.05) is 0 Å². The first-order valence-corrected chi connectivity index (χ1v) is 7.94. The van der Waals surface area contributed by atoms with Crippen LogP contribution in [0.5, 0.6) is 0 Å². The number of aliphatic imine (C=N–C) groups is 1. The van der Waals surface area contributed by atoms with Crippen LogP contribution in [0.1, 0.15) is 30.1 Å². The van der Waals surface area contributed by atoms with E-state index in [4.69, 9.17) is 4.99 Å². The molecule has 1 aliphatic heterocycles. The van der Waals surface area contributed by atoms with Crippen molar-refractivity contribution in [3.05, 3.63) is 71.8 Å². The molecule has 1 heterocycles. The summed E-state index contributed by atoms with van der Waals surface area (Å²) in [6, 6.07) is 21.5. The summed E-state index contributed by atoms with van der Waals surface area (Å²) in [7, 11) is 0. The molecule has 0 saturated heterocycles. The number of rotatable bonds is 3. The summed E-state index contributed by atoms with van der Waals surface area (Å²) in [5, 5.41) is 4.62. The first-order valence-electron chi connectivity index (χ1n) is 6.95. The first-order chi connectivity index (χ1) is 9.88. The Labute approximate surface area is 124 Å². The van der Waals surface area contributed by atoms with Crippen LogP contribution in [0.2, 0.25) is 0 Å². The summed E-state index contributed by atoms with van der Waals surface area (Å²) in [6.07, 6.45) is 0. The maximum atomic E-state index is 4.87. The second-order valence-electron chi connectivity index (χ2n) is 4.76. The molecule has 0 amide bonds. The zero-order valence-corrected chi connectivity index (χ0v) is 12.3. The van der Waals surface area contributed by atoms with Crippen molar-refractivity contribution in [2.45, 2.75) is 19.0 Å². The number of benzene rings is 2. The highest BCUT2D eigenvalue weighted by atomic mass is 32.2. The number of hydrogen-bond acceptors (Lipinski definition) is 3. The van der Waals surface area contributed by atoms with Gasteiger partial charge in [0.2, 0.25) is 0 Å². The molecule has 3 heteroatoms. The number of nitrogens with one attached hydrogen (secondary N) is 1. The van der Waals surface area contributed by atoms with E-state index in [1.54, 1.807) is 11.8 Å².